The summed E-state index contributed by atoms with van der Waals surface area (Å²) in [4.78, 5) is 0. The van der Waals surface area contributed by atoms with Crippen LogP contribution in [0.2, 0.25) is 0 Å². The first-order valence-corrected chi connectivity index (χ1v) is 4.93. The molecule has 0 radical (unpaired) electrons. The summed E-state index contributed by atoms with van der Waals surface area (Å²) in [6, 6.07) is 6.51. The predicted molar refractivity (Wildman–Crippen MR) is 55.2 cm³/mol. The van der Waals surface area contributed by atoms with Crippen molar-refractivity contribution in [1.29, 1.82) is 0 Å². The van der Waals surface area contributed by atoms with E-state index >= 15 is 0 Å². The van der Waals surface area contributed by atoms with Crippen molar-refractivity contribution >= 4 is 5.69 Å². The van der Waals surface area contributed by atoms with Gasteiger partial charge in [-0.1, -0.05) is 12.1 Å². The average Bonchev–Trinajstić information content (AvgIpc) is 2.19. The highest BCUT2D eigenvalue weighted by atomic mass is 19.1. The molecule has 1 aliphatic heterocycles. The van der Waals surface area contributed by atoms with Gasteiger partial charge in [0.2, 0.25) is 0 Å². The molecule has 0 saturated carbocycles. The van der Waals surface area contributed by atoms with Crippen LogP contribution in [0.1, 0.15) is 0 Å². The molecule has 0 bridgehead atoms. The number of nitrogens with one attached hydrogen (secondary N) is 1. The molecule has 0 unspecified atom stereocenters. The number of para-hydroxylation sites is 1. The van der Waals surface area contributed by atoms with Crippen LogP contribution in [-0.2, 0) is 4.74 Å². The Kier molecular flexibility index (Phi) is 2.88. The Morgan fingerprint density at radius 3 is 2.67 bits per heavy atom. The number of rotatable bonds is 4. The van der Waals surface area contributed by atoms with Gasteiger partial charge in [-0.3, -0.25) is 0 Å². The third-order valence-electron chi connectivity index (χ3n) is 2.68. The van der Waals surface area contributed by atoms with Crippen molar-refractivity contribution in [3.8, 4) is 0 Å². The normalized spacial score (nSPS) is 18.3. The van der Waals surface area contributed by atoms with Crippen LogP contribution >= 0.6 is 0 Å². The Labute approximate surface area is 87.9 Å². The van der Waals surface area contributed by atoms with E-state index < -0.39 is 0 Å². The molecule has 0 amide bonds. The second-order valence-corrected chi connectivity index (χ2v) is 3.98. The maximum Gasteiger partial charge on any atom is 0.146 e. The molecule has 0 aromatic heterocycles. The molecule has 2 rings (SSSR count). The van der Waals surface area contributed by atoms with Crippen molar-refractivity contribution in [2.75, 3.05) is 31.7 Å². The second-order valence-electron chi connectivity index (χ2n) is 3.98. The number of anilines is 1. The third-order valence-corrected chi connectivity index (χ3v) is 2.68. The largest absolute Gasteiger partial charge is 0.396 e. The minimum Gasteiger partial charge on any atom is -0.396 e. The van der Waals surface area contributed by atoms with Gasteiger partial charge in [0, 0.05) is 6.54 Å². The van der Waals surface area contributed by atoms with Crippen molar-refractivity contribution in [3.05, 3.63) is 30.1 Å². The molecule has 0 spiro atoms. The molecule has 1 fully saturated rings. The molecular weight excluding hydrogens is 197 g/mol. The predicted octanol–water partition coefficient (Wildman–Crippen LogP) is 1.25. The van der Waals surface area contributed by atoms with Crippen molar-refractivity contribution in [2.45, 2.75) is 0 Å². The van der Waals surface area contributed by atoms with Crippen molar-refractivity contribution < 1.29 is 14.2 Å². The van der Waals surface area contributed by atoms with Gasteiger partial charge >= 0.3 is 0 Å². The lowest BCUT2D eigenvalue weighted by atomic mass is 9.87. The summed E-state index contributed by atoms with van der Waals surface area (Å²) in [5.74, 6) is -0.272. The van der Waals surface area contributed by atoms with E-state index in [1.54, 1.807) is 18.2 Å². The van der Waals surface area contributed by atoms with E-state index in [0.29, 0.717) is 25.4 Å². The zero-order valence-electron chi connectivity index (χ0n) is 8.37. The van der Waals surface area contributed by atoms with Gasteiger partial charge in [0.25, 0.3) is 0 Å². The number of aliphatic hydroxyl groups is 1. The second kappa shape index (κ2) is 4.16. The maximum absolute atomic E-state index is 13.2. The molecular formula is C11H14FNO2. The van der Waals surface area contributed by atoms with Crippen LogP contribution in [0.3, 0.4) is 0 Å². The van der Waals surface area contributed by atoms with Gasteiger partial charge in [0.1, 0.15) is 5.82 Å². The standard InChI is InChI=1S/C11H14FNO2/c12-9-3-1-2-4-10(9)13-5-11(6-14)7-15-8-11/h1-4,13-14H,5-8H2. The number of hydrogen-bond acceptors (Lipinski definition) is 3. The van der Waals surface area contributed by atoms with Crippen LogP contribution in [0.4, 0.5) is 10.1 Å². The van der Waals surface area contributed by atoms with Gasteiger partial charge in [-0.15, -0.1) is 0 Å². The molecule has 4 heteroatoms. The fourth-order valence-corrected chi connectivity index (χ4v) is 1.53. The van der Waals surface area contributed by atoms with Gasteiger partial charge in [-0.2, -0.15) is 0 Å². The molecule has 1 aromatic rings. The summed E-state index contributed by atoms with van der Waals surface area (Å²) in [6.07, 6.45) is 0. The Morgan fingerprint density at radius 2 is 2.13 bits per heavy atom. The lowest BCUT2D eigenvalue weighted by molar-refractivity contribution is -0.128. The number of aliphatic hydroxyl groups excluding tert-OH is 1. The minimum atomic E-state index is -0.272. The molecule has 0 aliphatic carbocycles. The van der Waals surface area contributed by atoms with Crippen LogP contribution in [0.25, 0.3) is 0 Å². The maximum atomic E-state index is 13.2. The molecule has 1 aromatic carbocycles. The van der Waals surface area contributed by atoms with Crippen molar-refractivity contribution in [2.24, 2.45) is 5.41 Å². The van der Waals surface area contributed by atoms with Gasteiger partial charge in [0.05, 0.1) is 30.9 Å². The quantitative estimate of drug-likeness (QED) is 0.787. The van der Waals surface area contributed by atoms with E-state index in [1.165, 1.54) is 6.07 Å². The molecule has 0 atom stereocenters. The first-order valence-electron chi connectivity index (χ1n) is 4.93. The topological polar surface area (TPSA) is 41.5 Å². The first-order chi connectivity index (χ1) is 7.26. The highest BCUT2D eigenvalue weighted by Crippen LogP contribution is 2.27. The van der Waals surface area contributed by atoms with Gasteiger partial charge < -0.3 is 15.2 Å². The average molecular weight is 211 g/mol. The van der Waals surface area contributed by atoms with E-state index in [-0.39, 0.29) is 17.8 Å². The summed E-state index contributed by atoms with van der Waals surface area (Å²) in [7, 11) is 0. The first kappa shape index (κ1) is 10.4. The Hall–Kier alpha value is -1.13. The minimum absolute atomic E-state index is 0.0639. The number of hydrogen-bond donors (Lipinski definition) is 2. The Bertz CT molecular complexity index is 334. The summed E-state index contributed by atoms with van der Waals surface area (Å²) in [6.45, 7) is 1.66. The summed E-state index contributed by atoms with van der Waals surface area (Å²) >= 11 is 0. The van der Waals surface area contributed by atoms with Crippen LogP contribution < -0.4 is 5.32 Å². The molecule has 2 N–H and O–H groups in total. The van der Waals surface area contributed by atoms with Gasteiger partial charge in [0.15, 0.2) is 0 Å². The highest BCUT2D eigenvalue weighted by molar-refractivity contribution is 5.44. The van der Waals surface area contributed by atoms with Crippen molar-refractivity contribution in [3.63, 3.8) is 0 Å². The lowest BCUT2D eigenvalue weighted by Gasteiger charge is -2.40. The molecule has 15 heavy (non-hydrogen) atoms. The van der Waals surface area contributed by atoms with Crippen LogP contribution in [-0.4, -0.2) is 31.5 Å². The summed E-state index contributed by atoms with van der Waals surface area (Å²) < 4.78 is 18.3. The molecule has 1 saturated heterocycles. The summed E-state index contributed by atoms with van der Waals surface area (Å²) in [5, 5.41) is 12.2. The molecule has 82 valence electrons. The monoisotopic (exact) mass is 211 g/mol. The van der Waals surface area contributed by atoms with Crippen LogP contribution in [0.15, 0.2) is 24.3 Å². The van der Waals surface area contributed by atoms with E-state index in [4.69, 9.17) is 4.74 Å². The fourth-order valence-electron chi connectivity index (χ4n) is 1.53. The molecule has 1 aliphatic rings. The smallest absolute Gasteiger partial charge is 0.146 e. The molecule has 3 nitrogen and oxygen atoms in total. The zero-order valence-corrected chi connectivity index (χ0v) is 8.37. The number of benzene rings is 1. The Morgan fingerprint density at radius 1 is 1.40 bits per heavy atom. The van der Waals surface area contributed by atoms with Crippen LogP contribution in [0, 0.1) is 11.2 Å². The van der Waals surface area contributed by atoms with Gasteiger partial charge in [-0.05, 0) is 12.1 Å². The fraction of sp³-hybridized carbons (Fsp3) is 0.455. The van der Waals surface area contributed by atoms with E-state index in [0.717, 1.165) is 0 Å². The number of ether oxygens (including phenoxy) is 1. The highest BCUT2D eigenvalue weighted by Gasteiger charge is 2.37. The lowest BCUT2D eigenvalue weighted by Crippen LogP contribution is -2.50. The van der Waals surface area contributed by atoms with E-state index in [2.05, 4.69) is 5.32 Å². The van der Waals surface area contributed by atoms with Gasteiger partial charge in [-0.25, -0.2) is 4.39 Å². The van der Waals surface area contributed by atoms with E-state index in [1.807, 2.05) is 0 Å². The van der Waals surface area contributed by atoms with Crippen molar-refractivity contribution in [1.82, 2.24) is 0 Å². The third kappa shape index (κ3) is 2.11. The summed E-state index contributed by atoms with van der Waals surface area (Å²) in [5.41, 5.74) is 0.236. The SMILES string of the molecule is OCC1(CNc2ccccc2F)COC1. The number of halogens is 1. The van der Waals surface area contributed by atoms with Crippen LogP contribution in [0.5, 0.6) is 0 Å². The zero-order chi connectivity index (χ0) is 10.7. The van der Waals surface area contributed by atoms with E-state index in [9.17, 15) is 9.50 Å². The Balaban J connectivity index is 1.95. The molecule has 1 heterocycles.